The molecule has 1 heterocycles. The molecule has 1 amide bonds. The van der Waals surface area contributed by atoms with Gasteiger partial charge < -0.3 is 4.74 Å². The van der Waals surface area contributed by atoms with Gasteiger partial charge in [-0.1, -0.05) is 12.1 Å². The maximum Gasteiger partial charge on any atom is 0.412 e. The molecule has 0 saturated carbocycles. The Bertz CT molecular complexity index is 525. The SMILES string of the molecule is O=C1Nc2c(cccc2S(=O)(=O)Cl)CO1. The summed E-state index contributed by atoms with van der Waals surface area (Å²) in [6.07, 6.45) is -0.685. The fourth-order valence-electron chi connectivity index (χ4n) is 1.32. The van der Waals surface area contributed by atoms with Crippen molar-refractivity contribution in [2.24, 2.45) is 0 Å². The quantitative estimate of drug-likeness (QED) is 0.767. The number of hydrogen-bond acceptors (Lipinski definition) is 4. The number of anilines is 1. The van der Waals surface area contributed by atoms with Crippen LogP contribution in [-0.2, 0) is 20.4 Å². The Morgan fingerprint density at radius 1 is 1.40 bits per heavy atom. The van der Waals surface area contributed by atoms with Gasteiger partial charge in [-0.25, -0.2) is 13.2 Å². The van der Waals surface area contributed by atoms with E-state index >= 15 is 0 Å². The van der Waals surface area contributed by atoms with Crippen molar-refractivity contribution in [1.82, 2.24) is 0 Å². The lowest BCUT2D eigenvalue weighted by molar-refractivity contribution is 0.151. The van der Waals surface area contributed by atoms with Crippen LogP contribution in [0.2, 0.25) is 0 Å². The van der Waals surface area contributed by atoms with Crippen LogP contribution in [-0.4, -0.2) is 14.5 Å². The van der Waals surface area contributed by atoms with Gasteiger partial charge in [0, 0.05) is 16.2 Å². The van der Waals surface area contributed by atoms with E-state index < -0.39 is 15.1 Å². The van der Waals surface area contributed by atoms with E-state index in [0.29, 0.717) is 5.56 Å². The second kappa shape index (κ2) is 3.39. The molecule has 1 N–H and O–H groups in total. The number of carbonyl (C=O) groups is 1. The summed E-state index contributed by atoms with van der Waals surface area (Å²) in [5, 5.41) is 2.31. The van der Waals surface area contributed by atoms with Gasteiger partial charge in [-0.15, -0.1) is 0 Å². The number of halogens is 1. The van der Waals surface area contributed by atoms with E-state index in [1.165, 1.54) is 12.1 Å². The fraction of sp³-hybridized carbons (Fsp3) is 0.125. The molecule has 0 spiro atoms. The van der Waals surface area contributed by atoms with E-state index in [9.17, 15) is 13.2 Å². The number of para-hydroxylation sites is 1. The largest absolute Gasteiger partial charge is 0.444 e. The molecule has 2 rings (SSSR count). The van der Waals surface area contributed by atoms with Crippen LogP contribution in [0.1, 0.15) is 5.56 Å². The summed E-state index contributed by atoms with van der Waals surface area (Å²) in [5.74, 6) is 0. The Hall–Kier alpha value is -1.27. The Morgan fingerprint density at radius 3 is 2.80 bits per heavy atom. The third-order valence-corrected chi connectivity index (χ3v) is 3.33. The Kier molecular flexibility index (Phi) is 2.32. The second-order valence-corrected chi connectivity index (χ2v) is 5.46. The highest BCUT2D eigenvalue weighted by molar-refractivity contribution is 8.13. The van der Waals surface area contributed by atoms with E-state index in [-0.39, 0.29) is 17.2 Å². The smallest absolute Gasteiger partial charge is 0.412 e. The van der Waals surface area contributed by atoms with E-state index in [0.717, 1.165) is 0 Å². The number of benzene rings is 1. The maximum absolute atomic E-state index is 11.2. The molecule has 0 saturated heterocycles. The molecule has 1 aromatic carbocycles. The molecule has 0 aromatic heterocycles. The summed E-state index contributed by atoms with van der Waals surface area (Å²) in [4.78, 5) is 10.8. The Balaban J connectivity index is 2.64. The highest BCUT2D eigenvalue weighted by Gasteiger charge is 2.24. The van der Waals surface area contributed by atoms with Crippen LogP contribution in [0.5, 0.6) is 0 Å². The molecule has 7 heteroatoms. The van der Waals surface area contributed by atoms with Gasteiger partial charge in [0.2, 0.25) is 0 Å². The van der Waals surface area contributed by atoms with Gasteiger partial charge >= 0.3 is 6.09 Å². The monoisotopic (exact) mass is 247 g/mol. The summed E-state index contributed by atoms with van der Waals surface area (Å²) in [7, 11) is 1.36. The van der Waals surface area contributed by atoms with Crippen molar-refractivity contribution in [2.75, 3.05) is 5.32 Å². The van der Waals surface area contributed by atoms with Crippen molar-refractivity contribution in [1.29, 1.82) is 0 Å². The van der Waals surface area contributed by atoms with Crippen molar-refractivity contribution in [3.63, 3.8) is 0 Å². The molecular weight excluding hydrogens is 242 g/mol. The van der Waals surface area contributed by atoms with Crippen LogP contribution in [0.15, 0.2) is 23.1 Å². The second-order valence-electron chi connectivity index (χ2n) is 2.93. The minimum absolute atomic E-state index is 0.0431. The molecule has 0 unspecified atom stereocenters. The molecule has 1 aromatic rings. The molecule has 0 fully saturated rings. The average molecular weight is 248 g/mol. The number of fused-ring (bicyclic) bond motifs is 1. The van der Waals surface area contributed by atoms with Gasteiger partial charge in [0.05, 0.1) is 5.69 Å². The fourth-order valence-corrected chi connectivity index (χ4v) is 2.38. The third-order valence-electron chi connectivity index (χ3n) is 1.96. The highest BCUT2D eigenvalue weighted by atomic mass is 35.7. The van der Waals surface area contributed by atoms with Gasteiger partial charge in [0.25, 0.3) is 9.05 Å². The molecular formula is C8H6ClNO4S. The first-order valence-corrected chi connectivity index (χ1v) is 6.30. The van der Waals surface area contributed by atoms with Crippen LogP contribution in [0.3, 0.4) is 0 Å². The van der Waals surface area contributed by atoms with Gasteiger partial charge in [0.1, 0.15) is 11.5 Å². The van der Waals surface area contributed by atoms with Crippen LogP contribution in [0.4, 0.5) is 10.5 Å². The van der Waals surface area contributed by atoms with E-state index in [4.69, 9.17) is 10.7 Å². The Morgan fingerprint density at radius 2 is 2.13 bits per heavy atom. The summed E-state index contributed by atoms with van der Waals surface area (Å²) >= 11 is 0. The molecule has 5 nitrogen and oxygen atoms in total. The summed E-state index contributed by atoms with van der Waals surface area (Å²) in [5.41, 5.74) is 0.778. The van der Waals surface area contributed by atoms with Gasteiger partial charge in [0.15, 0.2) is 0 Å². The van der Waals surface area contributed by atoms with Crippen molar-refractivity contribution >= 4 is 31.5 Å². The number of hydrogen-bond donors (Lipinski definition) is 1. The molecule has 15 heavy (non-hydrogen) atoms. The number of ether oxygens (including phenoxy) is 1. The highest BCUT2D eigenvalue weighted by Crippen LogP contribution is 2.31. The predicted molar refractivity (Wildman–Crippen MR) is 53.3 cm³/mol. The number of rotatable bonds is 1. The zero-order chi connectivity index (χ0) is 11.1. The lowest BCUT2D eigenvalue weighted by Gasteiger charge is -2.18. The van der Waals surface area contributed by atoms with Crippen LogP contribution >= 0.6 is 10.7 Å². The first kappa shape index (κ1) is 10.3. The first-order valence-electron chi connectivity index (χ1n) is 3.99. The topological polar surface area (TPSA) is 72.5 Å². The molecule has 0 bridgehead atoms. The Labute approximate surface area is 90.4 Å². The summed E-state index contributed by atoms with van der Waals surface area (Å²) < 4.78 is 27.1. The first-order chi connectivity index (χ1) is 6.98. The average Bonchev–Trinajstić information content (AvgIpc) is 2.15. The molecule has 80 valence electrons. The maximum atomic E-state index is 11.2. The standard InChI is InChI=1S/C8H6ClNO4S/c9-15(12,13)6-3-1-2-5-4-14-8(11)10-7(5)6/h1-3H,4H2,(H,10,11). The lowest BCUT2D eigenvalue weighted by Crippen LogP contribution is -2.21. The van der Waals surface area contributed by atoms with Gasteiger partial charge in [-0.3, -0.25) is 5.32 Å². The zero-order valence-electron chi connectivity index (χ0n) is 7.36. The zero-order valence-corrected chi connectivity index (χ0v) is 8.93. The van der Waals surface area contributed by atoms with E-state index in [2.05, 4.69) is 10.1 Å². The van der Waals surface area contributed by atoms with E-state index in [1.54, 1.807) is 6.07 Å². The molecule has 0 atom stereocenters. The van der Waals surface area contributed by atoms with Crippen LogP contribution in [0, 0.1) is 0 Å². The molecule has 1 aliphatic rings. The minimum Gasteiger partial charge on any atom is -0.444 e. The van der Waals surface area contributed by atoms with Gasteiger partial charge in [-0.05, 0) is 6.07 Å². The number of carbonyl (C=O) groups excluding carboxylic acids is 1. The van der Waals surface area contributed by atoms with Crippen molar-refractivity contribution in [3.05, 3.63) is 23.8 Å². The molecule has 0 radical (unpaired) electrons. The predicted octanol–water partition coefficient (Wildman–Crippen LogP) is 1.68. The van der Waals surface area contributed by atoms with Crippen molar-refractivity contribution in [3.8, 4) is 0 Å². The van der Waals surface area contributed by atoms with Crippen LogP contribution < -0.4 is 5.32 Å². The molecule has 1 aliphatic heterocycles. The van der Waals surface area contributed by atoms with Crippen LogP contribution in [0.25, 0.3) is 0 Å². The molecule has 0 aliphatic carbocycles. The van der Waals surface area contributed by atoms with Gasteiger partial charge in [-0.2, -0.15) is 0 Å². The van der Waals surface area contributed by atoms with Crippen molar-refractivity contribution < 1.29 is 17.9 Å². The minimum atomic E-state index is -3.87. The summed E-state index contributed by atoms with van der Waals surface area (Å²) in [6, 6.07) is 4.52. The summed E-state index contributed by atoms with van der Waals surface area (Å²) in [6.45, 7) is 0.0431. The number of nitrogens with one attached hydrogen (secondary N) is 1. The normalized spacial score (nSPS) is 15.1. The van der Waals surface area contributed by atoms with Crippen molar-refractivity contribution in [2.45, 2.75) is 11.5 Å². The van der Waals surface area contributed by atoms with E-state index in [1.807, 2.05) is 0 Å². The number of amides is 1. The third kappa shape index (κ3) is 1.91. The lowest BCUT2D eigenvalue weighted by atomic mass is 10.2. The number of cyclic esters (lactones) is 1.